The van der Waals surface area contributed by atoms with Crippen molar-refractivity contribution in [3.8, 4) is 22.4 Å². The smallest absolute Gasteiger partial charge is 0.230 e. The van der Waals surface area contributed by atoms with Gasteiger partial charge >= 0.3 is 0 Å². The third-order valence-electron chi connectivity index (χ3n) is 5.53. The summed E-state index contributed by atoms with van der Waals surface area (Å²) < 4.78 is 22.2. The molecule has 30 heavy (non-hydrogen) atoms. The van der Waals surface area contributed by atoms with Crippen molar-refractivity contribution in [1.29, 1.82) is 0 Å². The average molecular weight is 393 g/mol. The van der Waals surface area contributed by atoms with E-state index in [1.807, 2.05) is 67.1 Å². The van der Waals surface area contributed by atoms with Crippen LogP contribution in [0.1, 0.15) is 5.56 Å². The van der Waals surface area contributed by atoms with Crippen molar-refractivity contribution in [2.24, 2.45) is 7.05 Å². The van der Waals surface area contributed by atoms with Crippen LogP contribution in [0.3, 0.4) is 0 Å². The molecule has 0 N–H and O–H groups in total. The first kappa shape index (κ1) is 18.1. The fourth-order valence-electron chi connectivity index (χ4n) is 4.01. The van der Waals surface area contributed by atoms with Gasteiger partial charge in [0.1, 0.15) is 24.0 Å². The molecular formula is C26H18FN2O+. The Morgan fingerprint density at radius 2 is 1.70 bits per heavy atom. The van der Waals surface area contributed by atoms with Gasteiger partial charge in [-0.15, -0.1) is 0 Å². The largest absolute Gasteiger partial charge is 0.466 e. The van der Waals surface area contributed by atoms with Crippen molar-refractivity contribution in [3.63, 3.8) is 0 Å². The molecule has 0 spiro atoms. The molecule has 4 heteroatoms. The summed E-state index contributed by atoms with van der Waals surface area (Å²) in [7, 11) is 1.88. The normalized spacial score (nSPS) is 11.1. The third kappa shape index (κ3) is 2.75. The Hall–Kier alpha value is -3.97. The number of fused-ring (bicyclic) bond motifs is 3. The Labute approximate surface area is 173 Å². The molecule has 0 amide bonds. The topological polar surface area (TPSA) is 21.4 Å². The first-order chi connectivity index (χ1) is 14.6. The minimum absolute atomic E-state index is 0.302. The average Bonchev–Trinajstić information content (AvgIpc) is 3.14. The maximum Gasteiger partial charge on any atom is 0.230 e. The zero-order valence-electron chi connectivity index (χ0n) is 16.6. The van der Waals surface area contributed by atoms with Crippen LogP contribution < -0.4 is 4.57 Å². The molecule has 3 aromatic carbocycles. The number of nitrogens with zero attached hydrogens (tertiary/aromatic N) is 2. The van der Waals surface area contributed by atoms with Gasteiger partial charge in [0.25, 0.3) is 0 Å². The van der Waals surface area contributed by atoms with E-state index in [1.54, 1.807) is 6.20 Å². The minimum Gasteiger partial charge on any atom is -0.466 e. The molecular weight excluding hydrogens is 375 g/mol. The molecule has 0 fully saturated rings. The monoisotopic (exact) mass is 393 g/mol. The van der Waals surface area contributed by atoms with Gasteiger partial charge < -0.3 is 4.42 Å². The van der Waals surface area contributed by atoms with E-state index in [1.165, 1.54) is 12.1 Å². The van der Waals surface area contributed by atoms with Gasteiger partial charge in [0.05, 0.1) is 12.1 Å². The van der Waals surface area contributed by atoms with Crippen molar-refractivity contribution in [2.75, 3.05) is 0 Å². The molecule has 0 saturated carbocycles. The van der Waals surface area contributed by atoms with Gasteiger partial charge in [-0.1, -0.05) is 42.5 Å². The number of furan rings is 1. The lowest BCUT2D eigenvalue weighted by Gasteiger charge is -2.05. The van der Waals surface area contributed by atoms with Crippen molar-refractivity contribution in [1.82, 2.24) is 0 Å². The number of rotatable bonds is 2. The van der Waals surface area contributed by atoms with Crippen LogP contribution in [0.5, 0.6) is 0 Å². The van der Waals surface area contributed by atoms with Crippen LogP contribution in [-0.4, -0.2) is 0 Å². The molecule has 0 unspecified atom stereocenters. The Balaban J connectivity index is 1.88. The highest BCUT2D eigenvalue weighted by molar-refractivity contribution is 6.14. The lowest BCUT2D eigenvalue weighted by atomic mass is 9.98. The van der Waals surface area contributed by atoms with Crippen LogP contribution in [0.2, 0.25) is 0 Å². The molecule has 2 heterocycles. The summed E-state index contributed by atoms with van der Waals surface area (Å²) in [5, 5.41) is 1.80. The zero-order chi connectivity index (χ0) is 20.8. The second-order valence-corrected chi connectivity index (χ2v) is 7.43. The zero-order valence-corrected chi connectivity index (χ0v) is 16.6. The van der Waals surface area contributed by atoms with E-state index >= 15 is 0 Å². The fourth-order valence-corrected chi connectivity index (χ4v) is 4.01. The molecule has 0 bridgehead atoms. The van der Waals surface area contributed by atoms with E-state index in [4.69, 9.17) is 11.0 Å². The second kappa shape index (κ2) is 6.82. The third-order valence-corrected chi connectivity index (χ3v) is 5.53. The first-order valence-electron chi connectivity index (χ1n) is 9.65. The molecule has 0 radical (unpaired) electrons. The van der Waals surface area contributed by atoms with Crippen LogP contribution >= 0.6 is 0 Å². The van der Waals surface area contributed by atoms with E-state index in [2.05, 4.69) is 10.9 Å². The Morgan fingerprint density at radius 3 is 2.47 bits per heavy atom. The minimum atomic E-state index is -0.302. The van der Waals surface area contributed by atoms with Crippen LogP contribution in [0.15, 0.2) is 77.3 Å². The van der Waals surface area contributed by atoms with Gasteiger partial charge in [-0.05, 0) is 35.7 Å². The maximum atomic E-state index is 14.0. The summed E-state index contributed by atoms with van der Waals surface area (Å²) in [6.07, 6.45) is 1.70. The number of aryl methyl sites for hydroxylation is 2. The highest BCUT2D eigenvalue weighted by Gasteiger charge is 2.22. The maximum absolute atomic E-state index is 14.0. The molecule has 0 aliphatic rings. The van der Waals surface area contributed by atoms with Crippen LogP contribution in [0.4, 0.5) is 10.1 Å². The Bertz CT molecular complexity index is 1480. The fraction of sp³-hybridized carbons (Fsp3) is 0.0769. The van der Waals surface area contributed by atoms with E-state index in [0.29, 0.717) is 16.9 Å². The standard InChI is InChI=1S/C26H18FN2O/c1-16-9-10-20-21-13-18(17-7-5-4-6-8-17)14-22(28-2)25(21)30-26(20)24(16)23-15-19(27)11-12-29(23)3/h4-15H,1,3H3/q+1. The summed E-state index contributed by atoms with van der Waals surface area (Å²) in [4.78, 5) is 3.73. The quantitative estimate of drug-likeness (QED) is 0.240. The number of halogens is 1. The molecule has 144 valence electrons. The van der Waals surface area contributed by atoms with Gasteiger partial charge in [-0.2, -0.15) is 0 Å². The van der Waals surface area contributed by atoms with Gasteiger partial charge in [-0.25, -0.2) is 13.8 Å². The lowest BCUT2D eigenvalue weighted by Crippen LogP contribution is -2.30. The van der Waals surface area contributed by atoms with Gasteiger partial charge in [0.15, 0.2) is 6.20 Å². The molecule has 3 nitrogen and oxygen atoms in total. The summed E-state index contributed by atoms with van der Waals surface area (Å²) in [5.74, 6) is -0.302. The highest BCUT2D eigenvalue weighted by Crippen LogP contribution is 2.42. The molecule has 0 aliphatic carbocycles. The molecule has 5 aromatic rings. The van der Waals surface area contributed by atoms with E-state index in [0.717, 1.165) is 38.7 Å². The van der Waals surface area contributed by atoms with Crippen LogP contribution in [0.25, 0.3) is 49.2 Å². The number of hydrogen-bond donors (Lipinski definition) is 0. The first-order valence-corrected chi connectivity index (χ1v) is 9.65. The van der Waals surface area contributed by atoms with Gasteiger partial charge in [0.2, 0.25) is 11.4 Å². The number of aromatic nitrogens is 1. The van der Waals surface area contributed by atoms with Gasteiger partial charge in [0, 0.05) is 22.9 Å². The van der Waals surface area contributed by atoms with Crippen molar-refractivity contribution in [3.05, 3.63) is 95.7 Å². The van der Waals surface area contributed by atoms with Gasteiger partial charge in [-0.3, -0.25) is 0 Å². The molecule has 0 atom stereocenters. The SMILES string of the molecule is [C-]#[N+]c1cc(-c2ccccc2)cc2c1oc1c(-c3cc(F)cc[n+]3C)c(C)ccc12. The molecule has 2 aromatic heterocycles. The Morgan fingerprint density at radius 1 is 0.900 bits per heavy atom. The Kier molecular flexibility index (Phi) is 4.11. The van der Waals surface area contributed by atoms with E-state index < -0.39 is 0 Å². The second-order valence-electron chi connectivity index (χ2n) is 7.43. The lowest BCUT2D eigenvalue weighted by molar-refractivity contribution is -0.660. The van der Waals surface area contributed by atoms with Crippen molar-refractivity contribution >= 4 is 27.6 Å². The van der Waals surface area contributed by atoms with Crippen LogP contribution in [0, 0.1) is 19.3 Å². The van der Waals surface area contributed by atoms with Crippen molar-refractivity contribution < 1.29 is 13.4 Å². The molecule has 0 aliphatic heterocycles. The van der Waals surface area contributed by atoms with Crippen molar-refractivity contribution in [2.45, 2.75) is 6.92 Å². The summed E-state index contributed by atoms with van der Waals surface area (Å²) in [6, 6.07) is 20.9. The van der Waals surface area contributed by atoms with E-state index in [-0.39, 0.29) is 5.82 Å². The van der Waals surface area contributed by atoms with Crippen LogP contribution in [-0.2, 0) is 7.05 Å². The predicted molar refractivity (Wildman–Crippen MR) is 117 cm³/mol. The van der Waals surface area contributed by atoms with E-state index in [9.17, 15) is 4.39 Å². The predicted octanol–water partition coefficient (Wildman–Crippen LogP) is 6.74. The molecule has 0 saturated heterocycles. The highest BCUT2D eigenvalue weighted by atomic mass is 19.1. The summed E-state index contributed by atoms with van der Waals surface area (Å²) in [6.45, 7) is 9.68. The summed E-state index contributed by atoms with van der Waals surface area (Å²) >= 11 is 0. The summed E-state index contributed by atoms with van der Waals surface area (Å²) in [5.41, 5.74) is 6.25. The number of pyridine rings is 1. The molecule has 5 rings (SSSR count). The number of benzene rings is 3. The number of hydrogen-bond acceptors (Lipinski definition) is 1.